The summed E-state index contributed by atoms with van der Waals surface area (Å²) in [6.07, 6.45) is 0. The molecule has 0 rings (SSSR count). The van der Waals surface area contributed by atoms with E-state index in [0.29, 0.717) is 0 Å². The molecule has 0 spiro atoms. The van der Waals surface area contributed by atoms with E-state index in [-0.39, 0.29) is 75.3 Å². The first-order valence-electron chi connectivity index (χ1n) is 0. The van der Waals surface area contributed by atoms with Crippen LogP contribution < -0.4 is 0 Å². The van der Waals surface area contributed by atoms with E-state index >= 15 is 0 Å². The van der Waals surface area contributed by atoms with Gasteiger partial charge in [0.15, 0.2) is 0 Å². The third-order valence-electron chi connectivity index (χ3n) is 0. The van der Waals surface area contributed by atoms with E-state index in [4.69, 9.17) is 0 Å². The van der Waals surface area contributed by atoms with Gasteiger partial charge in [-0.05, 0) is 0 Å². The Labute approximate surface area is 74.4 Å². The third-order valence-corrected chi connectivity index (χ3v) is 0. The molecular formula is CoInSiTi. The normalized spacial score (nSPS) is 0. The summed E-state index contributed by atoms with van der Waals surface area (Å²) in [6.45, 7) is 0. The second-order valence-corrected chi connectivity index (χ2v) is 0. The minimum absolute atomic E-state index is 0. The van der Waals surface area contributed by atoms with Gasteiger partial charge in [0.2, 0.25) is 0 Å². The number of hydrogen-bond acceptors (Lipinski definition) is 0. The maximum Gasteiger partial charge on any atom is 0 e. The molecular weight excluding hydrogens is 250 g/mol. The van der Waals surface area contributed by atoms with Crippen molar-refractivity contribution in [1.82, 2.24) is 0 Å². The van der Waals surface area contributed by atoms with Gasteiger partial charge in [-0.25, -0.2) is 0 Å². The SMILES string of the molecule is [Co].[In].[Si].[Ti]. The minimum atomic E-state index is 0. The van der Waals surface area contributed by atoms with E-state index in [9.17, 15) is 0 Å². The quantitative estimate of drug-likeness (QED) is 0.495. The van der Waals surface area contributed by atoms with Crippen molar-refractivity contribution in [3.8, 4) is 0 Å². The van der Waals surface area contributed by atoms with Crippen LogP contribution in [0.1, 0.15) is 0 Å². The summed E-state index contributed by atoms with van der Waals surface area (Å²) in [5, 5.41) is 0. The molecule has 0 saturated carbocycles. The van der Waals surface area contributed by atoms with Gasteiger partial charge >= 0.3 is 0 Å². The molecule has 4 heteroatoms. The molecule has 4 heavy (non-hydrogen) atoms. The maximum atomic E-state index is 0. The van der Waals surface area contributed by atoms with Gasteiger partial charge in [0.1, 0.15) is 0 Å². The van der Waals surface area contributed by atoms with Crippen LogP contribution in [0.2, 0.25) is 0 Å². The molecule has 0 heterocycles. The molecule has 0 aliphatic heterocycles. The Bertz CT molecular complexity index is 8.00. The largest absolute Gasteiger partial charge is 0 e. The summed E-state index contributed by atoms with van der Waals surface area (Å²) < 4.78 is 0. The van der Waals surface area contributed by atoms with Gasteiger partial charge in [0, 0.05) is 75.3 Å². The van der Waals surface area contributed by atoms with E-state index in [1.54, 1.807) is 0 Å². The zero-order chi connectivity index (χ0) is 0. The summed E-state index contributed by atoms with van der Waals surface area (Å²) in [5.74, 6) is 0. The van der Waals surface area contributed by atoms with Gasteiger partial charge in [-0.3, -0.25) is 0 Å². The first-order valence-corrected chi connectivity index (χ1v) is 0. The monoisotopic (exact) mass is 250 g/mol. The molecule has 0 unspecified atom stereocenters. The average molecular weight is 250 g/mol. The Morgan fingerprint density at radius 2 is 1.00 bits per heavy atom. The third kappa shape index (κ3) is 8.85. The van der Waals surface area contributed by atoms with E-state index in [1.165, 1.54) is 0 Å². The summed E-state index contributed by atoms with van der Waals surface area (Å²) in [6, 6.07) is 0. The van der Waals surface area contributed by atoms with Crippen LogP contribution in [-0.4, -0.2) is 36.8 Å². The van der Waals surface area contributed by atoms with Crippen LogP contribution in [0.4, 0.5) is 0 Å². The van der Waals surface area contributed by atoms with Crippen LogP contribution in [0.5, 0.6) is 0 Å². The van der Waals surface area contributed by atoms with Gasteiger partial charge in [0.25, 0.3) is 0 Å². The molecule has 0 aromatic heterocycles. The van der Waals surface area contributed by atoms with Crippen molar-refractivity contribution < 1.29 is 38.5 Å². The zero-order valence-electron chi connectivity index (χ0n) is 1.91. The standard InChI is InChI=1S/Co.In.Si.Ti. The molecule has 0 aliphatic rings. The fourth-order valence-electron chi connectivity index (χ4n) is 0. The molecule has 0 bridgehead atoms. The van der Waals surface area contributed by atoms with Crippen molar-refractivity contribution in [2.75, 3.05) is 0 Å². The van der Waals surface area contributed by atoms with Crippen molar-refractivity contribution in [3.05, 3.63) is 0 Å². The van der Waals surface area contributed by atoms with E-state index in [1.807, 2.05) is 0 Å². The van der Waals surface area contributed by atoms with E-state index < -0.39 is 0 Å². The molecule has 0 N–H and O–H groups in total. The van der Waals surface area contributed by atoms with E-state index in [0.717, 1.165) is 0 Å². The van der Waals surface area contributed by atoms with Gasteiger partial charge in [-0.15, -0.1) is 0 Å². The average Bonchev–Trinajstić information content (AvgIpc) is 0. The fourth-order valence-corrected chi connectivity index (χ4v) is 0. The molecule has 0 fully saturated rings. The Morgan fingerprint density at radius 3 is 1.00 bits per heavy atom. The van der Waals surface area contributed by atoms with Crippen molar-refractivity contribution in [2.45, 2.75) is 0 Å². The van der Waals surface area contributed by atoms with Gasteiger partial charge in [0.05, 0.1) is 0 Å². The van der Waals surface area contributed by atoms with Gasteiger partial charge in [-0.1, -0.05) is 0 Å². The van der Waals surface area contributed by atoms with Crippen molar-refractivity contribution in [1.29, 1.82) is 0 Å². The predicted molar refractivity (Wildman–Crippen MR) is 11.5 cm³/mol. The molecule has 0 saturated heterocycles. The minimum Gasteiger partial charge on any atom is 0 e. The molecule has 0 aromatic carbocycles. The molecule has 0 nitrogen and oxygen atoms in total. The number of hydrogen-bond donors (Lipinski definition) is 0. The molecule has 0 aromatic rings. The predicted octanol–water partition coefficient (Wildman–Crippen LogP) is -0.767. The smallest absolute Gasteiger partial charge is 0 e. The first kappa shape index (κ1) is 33.4. The second-order valence-electron chi connectivity index (χ2n) is 0. The summed E-state index contributed by atoms with van der Waals surface area (Å²) in [5.41, 5.74) is 0. The molecule has 0 atom stereocenters. The van der Waals surface area contributed by atoms with Crippen LogP contribution in [0.15, 0.2) is 0 Å². The van der Waals surface area contributed by atoms with Gasteiger partial charge in [-0.2, -0.15) is 0 Å². The van der Waals surface area contributed by atoms with Crippen LogP contribution in [0.25, 0.3) is 0 Å². The zero-order valence-corrected chi connectivity index (χ0v) is 8.81. The van der Waals surface area contributed by atoms with Crippen molar-refractivity contribution >= 4 is 36.8 Å². The maximum absolute atomic E-state index is 0. The van der Waals surface area contributed by atoms with Crippen LogP contribution >= 0.6 is 0 Å². The Morgan fingerprint density at radius 1 is 1.00 bits per heavy atom. The molecule has 0 amide bonds. The topological polar surface area (TPSA) is 0 Å². The molecule has 0 aliphatic carbocycles. The first-order chi connectivity index (χ1) is 0. The fraction of sp³-hybridized carbons (Fsp3) is 0. The van der Waals surface area contributed by atoms with Crippen molar-refractivity contribution in [3.63, 3.8) is 0 Å². The number of rotatable bonds is 0. The van der Waals surface area contributed by atoms with Gasteiger partial charge < -0.3 is 0 Å². The van der Waals surface area contributed by atoms with E-state index in [2.05, 4.69) is 0 Å². The summed E-state index contributed by atoms with van der Waals surface area (Å²) in [7, 11) is 0. The Balaban J connectivity index is 0. The summed E-state index contributed by atoms with van der Waals surface area (Å²) in [4.78, 5) is 0. The Kier molecular flexibility index (Phi) is 154. The molecule has 20 valence electrons. The Hall–Kier alpha value is 2.31. The second kappa shape index (κ2) is 18.5. The van der Waals surface area contributed by atoms with Crippen molar-refractivity contribution in [2.24, 2.45) is 0 Å². The summed E-state index contributed by atoms with van der Waals surface area (Å²) >= 11 is 0. The van der Waals surface area contributed by atoms with Crippen LogP contribution in [0.3, 0.4) is 0 Å². The van der Waals surface area contributed by atoms with Crippen LogP contribution in [-0.2, 0) is 38.5 Å². The molecule has 8 radical (unpaired) electrons. The van der Waals surface area contributed by atoms with Crippen LogP contribution in [0, 0.1) is 0 Å².